The maximum absolute atomic E-state index is 13.5. The first-order valence-corrected chi connectivity index (χ1v) is 9.59. The Morgan fingerprint density at radius 2 is 2.03 bits per heavy atom. The van der Waals surface area contributed by atoms with Crippen molar-refractivity contribution >= 4 is 10.9 Å². The van der Waals surface area contributed by atoms with Gasteiger partial charge < -0.3 is 9.84 Å². The average molecular weight is 420 g/mol. The van der Waals surface area contributed by atoms with E-state index < -0.39 is 22.8 Å². The van der Waals surface area contributed by atoms with Gasteiger partial charge in [-0.1, -0.05) is 0 Å². The second-order valence-corrected chi connectivity index (χ2v) is 7.09. The summed E-state index contributed by atoms with van der Waals surface area (Å²) in [7, 11) is 0. The molecule has 1 atom stereocenters. The van der Waals surface area contributed by atoms with Crippen molar-refractivity contribution < 1.29 is 23.0 Å². The molecule has 0 aliphatic carbocycles. The van der Waals surface area contributed by atoms with Crippen molar-refractivity contribution in [1.82, 2.24) is 19.5 Å². The molecule has 158 valence electrons. The summed E-state index contributed by atoms with van der Waals surface area (Å²) in [5, 5.41) is 9.61. The van der Waals surface area contributed by atoms with E-state index in [-0.39, 0.29) is 35.4 Å². The Balaban J connectivity index is 1.90. The van der Waals surface area contributed by atoms with Crippen molar-refractivity contribution in [2.45, 2.75) is 44.5 Å². The lowest BCUT2D eigenvalue weighted by Crippen LogP contribution is -2.29. The van der Waals surface area contributed by atoms with Crippen molar-refractivity contribution in [2.75, 3.05) is 6.61 Å². The molecule has 1 fully saturated rings. The van der Waals surface area contributed by atoms with E-state index in [4.69, 9.17) is 4.74 Å². The smallest absolute Gasteiger partial charge is 0.434 e. The third kappa shape index (κ3) is 3.87. The van der Waals surface area contributed by atoms with Crippen molar-refractivity contribution in [3.8, 4) is 17.3 Å². The summed E-state index contributed by atoms with van der Waals surface area (Å²) in [5.74, 6) is -0.225. The van der Waals surface area contributed by atoms with E-state index in [1.807, 2.05) is 0 Å². The summed E-state index contributed by atoms with van der Waals surface area (Å²) in [6.45, 7) is 0.690. The van der Waals surface area contributed by atoms with Gasteiger partial charge in [-0.05, 0) is 43.9 Å². The van der Waals surface area contributed by atoms with Crippen LogP contribution in [0.1, 0.15) is 31.4 Å². The molecule has 0 radical (unpaired) electrons. The second kappa shape index (κ2) is 8.02. The van der Waals surface area contributed by atoms with Crippen LogP contribution in [-0.4, -0.2) is 37.3 Å². The van der Waals surface area contributed by atoms with E-state index >= 15 is 0 Å². The lowest BCUT2D eigenvalue weighted by Gasteiger charge is -2.23. The van der Waals surface area contributed by atoms with Gasteiger partial charge in [-0.25, -0.2) is 9.97 Å². The minimum Gasteiger partial charge on any atom is -0.506 e. The molecule has 4 rings (SSSR count). The monoisotopic (exact) mass is 420 g/mol. The summed E-state index contributed by atoms with van der Waals surface area (Å²) in [5.41, 5.74) is -2.30. The molecule has 3 aromatic heterocycles. The number of rotatable bonds is 4. The number of fused-ring (bicyclic) bond motifs is 1. The Hall–Kier alpha value is -3.01. The largest absolute Gasteiger partial charge is 0.506 e. The number of aromatic hydroxyl groups is 1. The predicted octanol–water partition coefficient (Wildman–Crippen LogP) is 3.54. The molecule has 1 saturated heterocycles. The molecule has 1 unspecified atom stereocenters. The van der Waals surface area contributed by atoms with Crippen LogP contribution in [0.3, 0.4) is 0 Å². The molecule has 0 amide bonds. The lowest BCUT2D eigenvalue weighted by molar-refractivity contribution is -0.139. The van der Waals surface area contributed by atoms with Crippen LogP contribution in [0.5, 0.6) is 5.75 Å². The molecular weight excluding hydrogens is 401 g/mol. The number of pyridine rings is 2. The Morgan fingerprint density at radius 1 is 1.20 bits per heavy atom. The predicted molar refractivity (Wildman–Crippen MR) is 102 cm³/mol. The molecular formula is C20H19F3N4O3. The van der Waals surface area contributed by atoms with E-state index in [1.165, 1.54) is 24.4 Å². The van der Waals surface area contributed by atoms with Crippen LogP contribution in [0.4, 0.5) is 13.2 Å². The van der Waals surface area contributed by atoms with Crippen molar-refractivity contribution in [2.24, 2.45) is 0 Å². The zero-order valence-electron chi connectivity index (χ0n) is 15.9. The molecule has 4 heterocycles. The summed E-state index contributed by atoms with van der Waals surface area (Å²) in [4.78, 5) is 24.9. The van der Waals surface area contributed by atoms with Gasteiger partial charge in [0.15, 0.2) is 11.5 Å². The highest BCUT2D eigenvalue weighted by Gasteiger charge is 2.36. The number of nitrogens with zero attached hydrogens (tertiary/aromatic N) is 4. The number of ether oxygens (including phenoxy) is 1. The molecule has 0 aromatic carbocycles. The minimum absolute atomic E-state index is 0.000680. The van der Waals surface area contributed by atoms with Crippen LogP contribution in [0, 0.1) is 0 Å². The number of hydrogen-bond acceptors (Lipinski definition) is 6. The number of halogens is 3. The summed E-state index contributed by atoms with van der Waals surface area (Å²) < 4.78 is 47.3. The fourth-order valence-electron chi connectivity index (χ4n) is 3.64. The molecule has 1 aliphatic rings. The summed E-state index contributed by atoms with van der Waals surface area (Å²) in [6, 6.07) is 4.12. The zero-order chi connectivity index (χ0) is 21.3. The molecule has 10 heteroatoms. The van der Waals surface area contributed by atoms with Gasteiger partial charge in [-0.2, -0.15) is 13.2 Å². The van der Waals surface area contributed by atoms with Gasteiger partial charge in [-0.3, -0.25) is 14.3 Å². The topological polar surface area (TPSA) is 90.1 Å². The first kappa shape index (κ1) is 20.3. The first-order valence-electron chi connectivity index (χ1n) is 9.59. The highest BCUT2D eigenvalue weighted by Crippen LogP contribution is 2.32. The van der Waals surface area contributed by atoms with Gasteiger partial charge in [0.05, 0.1) is 17.0 Å². The average Bonchev–Trinajstić information content (AvgIpc) is 2.73. The minimum atomic E-state index is -4.81. The van der Waals surface area contributed by atoms with E-state index in [1.54, 1.807) is 0 Å². The highest BCUT2D eigenvalue weighted by molar-refractivity contribution is 5.82. The van der Waals surface area contributed by atoms with Gasteiger partial charge in [-0.15, -0.1) is 0 Å². The Labute approximate surface area is 169 Å². The van der Waals surface area contributed by atoms with Gasteiger partial charge in [0.25, 0.3) is 5.56 Å². The molecule has 3 aromatic rings. The van der Waals surface area contributed by atoms with Crippen LogP contribution < -0.4 is 5.56 Å². The highest BCUT2D eigenvalue weighted by atomic mass is 19.4. The lowest BCUT2D eigenvalue weighted by atomic mass is 10.1. The van der Waals surface area contributed by atoms with Gasteiger partial charge >= 0.3 is 6.18 Å². The van der Waals surface area contributed by atoms with Crippen LogP contribution in [0.2, 0.25) is 0 Å². The molecule has 30 heavy (non-hydrogen) atoms. The maximum atomic E-state index is 13.5. The molecule has 0 saturated carbocycles. The number of hydrogen-bond donors (Lipinski definition) is 1. The van der Waals surface area contributed by atoms with Crippen LogP contribution in [0.15, 0.2) is 35.4 Å². The third-order valence-electron chi connectivity index (χ3n) is 5.09. The maximum Gasteiger partial charge on any atom is 0.434 e. The second-order valence-electron chi connectivity index (χ2n) is 7.09. The number of aromatic nitrogens is 4. The molecule has 1 aliphatic heterocycles. The van der Waals surface area contributed by atoms with Gasteiger partial charge in [0.2, 0.25) is 0 Å². The number of alkyl halides is 3. The fraction of sp³-hybridized carbons (Fsp3) is 0.400. The standard InChI is InChI=1S/C20H19F3N4O3/c21-20(22,23)17-15-13(6-9-25-17)26-18(16-14(28)5-3-8-24-16)27(19(15)29)10-7-12-4-1-2-11-30-12/h3,5-6,8-9,12,28H,1-2,4,7,10-11H2. The van der Waals surface area contributed by atoms with E-state index in [9.17, 15) is 23.1 Å². The van der Waals surface area contributed by atoms with Crippen LogP contribution in [0.25, 0.3) is 22.4 Å². The molecule has 7 nitrogen and oxygen atoms in total. The summed E-state index contributed by atoms with van der Waals surface area (Å²) in [6.07, 6.45) is 0.660. The van der Waals surface area contributed by atoms with E-state index in [2.05, 4.69) is 15.0 Å². The van der Waals surface area contributed by atoms with E-state index in [0.717, 1.165) is 30.0 Å². The fourth-order valence-corrected chi connectivity index (χ4v) is 3.64. The van der Waals surface area contributed by atoms with E-state index in [0.29, 0.717) is 13.0 Å². The SMILES string of the molecule is O=c1c2c(C(F)(F)F)nccc2nc(-c2ncccc2O)n1CCC1CCCCO1. The quantitative estimate of drug-likeness (QED) is 0.695. The normalized spacial score (nSPS) is 17.4. The van der Waals surface area contributed by atoms with Crippen LogP contribution >= 0.6 is 0 Å². The Morgan fingerprint density at radius 3 is 2.73 bits per heavy atom. The van der Waals surface area contributed by atoms with Crippen LogP contribution in [-0.2, 0) is 17.5 Å². The summed E-state index contributed by atoms with van der Waals surface area (Å²) >= 11 is 0. The molecule has 0 spiro atoms. The Kier molecular flexibility index (Phi) is 5.42. The van der Waals surface area contributed by atoms with Gasteiger partial charge in [0, 0.05) is 25.5 Å². The first-order chi connectivity index (χ1) is 14.4. The Bertz CT molecular complexity index is 1120. The third-order valence-corrected chi connectivity index (χ3v) is 5.09. The molecule has 0 bridgehead atoms. The van der Waals surface area contributed by atoms with Gasteiger partial charge in [0.1, 0.15) is 11.4 Å². The zero-order valence-corrected chi connectivity index (χ0v) is 15.9. The van der Waals surface area contributed by atoms with Crippen molar-refractivity contribution in [1.29, 1.82) is 0 Å². The van der Waals surface area contributed by atoms with Crippen molar-refractivity contribution in [3.05, 3.63) is 46.6 Å². The molecule has 1 N–H and O–H groups in total. The van der Waals surface area contributed by atoms with Crippen molar-refractivity contribution in [3.63, 3.8) is 0 Å².